The number of aryl methyl sites for hydroxylation is 2. The summed E-state index contributed by atoms with van der Waals surface area (Å²) >= 11 is 7.25. The van der Waals surface area contributed by atoms with Crippen molar-refractivity contribution in [3.63, 3.8) is 0 Å². The molecule has 33 heavy (non-hydrogen) atoms. The fourth-order valence-corrected chi connectivity index (χ4v) is 4.17. The van der Waals surface area contributed by atoms with E-state index in [0.29, 0.717) is 22.4 Å². The number of esters is 1. The van der Waals surface area contributed by atoms with Crippen molar-refractivity contribution >= 4 is 57.2 Å². The van der Waals surface area contributed by atoms with Gasteiger partial charge in [-0.05, 0) is 36.6 Å². The predicted molar refractivity (Wildman–Crippen MR) is 124 cm³/mol. The number of anilines is 1. The number of amides is 1. The molecule has 0 bridgehead atoms. The highest BCUT2D eigenvalue weighted by molar-refractivity contribution is 7.13. The van der Waals surface area contributed by atoms with E-state index in [2.05, 4.69) is 15.4 Å². The lowest BCUT2D eigenvalue weighted by atomic mass is 10.1. The van der Waals surface area contributed by atoms with Gasteiger partial charge in [0.1, 0.15) is 5.02 Å². The lowest BCUT2D eigenvalue weighted by Gasteiger charge is -2.09. The van der Waals surface area contributed by atoms with Gasteiger partial charge in [0, 0.05) is 18.8 Å². The number of thiophene rings is 1. The number of hydrogen-bond acceptors (Lipinski definition) is 8. The number of halogens is 1. The van der Waals surface area contributed by atoms with Gasteiger partial charge in [-0.25, -0.2) is 9.78 Å². The number of fused-ring (bicyclic) bond motifs is 1. The van der Waals surface area contributed by atoms with Crippen LogP contribution in [0.25, 0.3) is 21.6 Å². The van der Waals surface area contributed by atoms with Crippen molar-refractivity contribution in [1.82, 2.24) is 14.8 Å². The zero-order chi connectivity index (χ0) is 23.7. The summed E-state index contributed by atoms with van der Waals surface area (Å²) in [5.74, 6) is -1.37. The maximum Gasteiger partial charge on any atom is 0.339 e. The summed E-state index contributed by atoms with van der Waals surface area (Å²) in [4.78, 5) is 41.0. The average molecular weight is 486 g/mol. The number of ether oxygens (including phenoxy) is 1. The molecular formula is C21H16ClN5O5S. The first kappa shape index (κ1) is 22.4. The van der Waals surface area contributed by atoms with Crippen LogP contribution in [0.1, 0.15) is 16.1 Å². The number of nitro benzene ring substituents is 1. The third kappa shape index (κ3) is 4.54. The molecule has 168 valence electrons. The molecular weight excluding hydrogens is 470 g/mol. The third-order valence-electron chi connectivity index (χ3n) is 4.72. The van der Waals surface area contributed by atoms with E-state index >= 15 is 0 Å². The first-order valence-corrected chi connectivity index (χ1v) is 10.8. The fraction of sp³-hybridized carbons (Fsp3) is 0.143. The smallest absolute Gasteiger partial charge is 0.339 e. The highest BCUT2D eigenvalue weighted by atomic mass is 35.5. The van der Waals surface area contributed by atoms with E-state index in [0.717, 1.165) is 10.9 Å². The van der Waals surface area contributed by atoms with E-state index in [9.17, 15) is 19.7 Å². The maximum absolute atomic E-state index is 12.9. The van der Waals surface area contributed by atoms with Crippen molar-refractivity contribution in [3.05, 3.63) is 68.2 Å². The standard InChI is InChI=1S/C21H16ClN5O5S/c1-11-19-13(9-15(17-4-3-7-33-17)24-20(19)26(2)25-11)21(29)32-10-18(28)23-12-5-6-14(22)16(8-12)27(30)31/h3-9H,10H2,1-2H3,(H,23,28). The minimum Gasteiger partial charge on any atom is -0.452 e. The molecule has 0 unspecified atom stereocenters. The summed E-state index contributed by atoms with van der Waals surface area (Å²) in [5, 5.41) is 20.2. The summed E-state index contributed by atoms with van der Waals surface area (Å²) in [6.45, 7) is 1.17. The molecule has 0 spiro atoms. The van der Waals surface area contributed by atoms with Crippen molar-refractivity contribution in [1.29, 1.82) is 0 Å². The first-order valence-electron chi connectivity index (χ1n) is 9.53. The summed E-state index contributed by atoms with van der Waals surface area (Å²) in [6.07, 6.45) is 0. The number of pyridine rings is 1. The zero-order valence-corrected chi connectivity index (χ0v) is 18.9. The molecule has 0 fully saturated rings. The van der Waals surface area contributed by atoms with E-state index in [4.69, 9.17) is 16.3 Å². The molecule has 0 radical (unpaired) electrons. The van der Waals surface area contributed by atoms with Gasteiger partial charge in [0.25, 0.3) is 11.6 Å². The van der Waals surface area contributed by atoms with Crippen LogP contribution in [0.3, 0.4) is 0 Å². The van der Waals surface area contributed by atoms with Crippen molar-refractivity contribution in [2.24, 2.45) is 7.05 Å². The van der Waals surface area contributed by atoms with E-state index < -0.39 is 23.4 Å². The van der Waals surface area contributed by atoms with Gasteiger partial charge in [0.2, 0.25) is 0 Å². The second kappa shape index (κ2) is 8.96. The van der Waals surface area contributed by atoms with E-state index in [-0.39, 0.29) is 22.0 Å². The molecule has 4 aromatic rings. The predicted octanol–water partition coefficient (Wildman–Crippen LogP) is 4.36. The largest absolute Gasteiger partial charge is 0.452 e. The molecule has 12 heteroatoms. The molecule has 3 heterocycles. The van der Waals surface area contributed by atoms with Crippen molar-refractivity contribution in [3.8, 4) is 10.6 Å². The van der Waals surface area contributed by atoms with Gasteiger partial charge in [-0.3, -0.25) is 19.6 Å². The van der Waals surface area contributed by atoms with Gasteiger partial charge in [-0.15, -0.1) is 11.3 Å². The van der Waals surface area contributed by atoms with E-state index in [1.54, 1.807) is 24.7 Å². The molecule has 0 atom stereocenters. The molecule has 3 aromatic heterocycles. The summed E-state index contributed by atoms with van der Waals surface area (Å²) in [7, 11) is 1.73. The number of nitrogens with zero attached hydrogens (tertiary/aromatic N) is 4. The van der Waals surface area contributed by atoms with E-state index in [1.165, 1.54) is 23.5 Å². The number of aromatic nitrogens is 3. The average Bonchev–Trinajstić information content (AvgIpc) is 3.41. The monoisotopic (exact) mass is 485 g/mol. The number of benzene rings is 1. The third-order valence-corrected chi connectivity index (χ3v) is 5.94. The van der Waals surface area contributed by atoms with Gasteiger partial charge in [0.05, 0.1) is 32.1 Å². The number of carbonyl (C=O) groups is 2. The molecule has 10 nitrogen and oxygen atoms in total. The van der Waals surface area contributed by atoms with Crippen LogP contribution in [0, 0.1) is 17.0 Å². The van der Waals surface area contributed by atoms with Gasteiger partial charge in [-0.1, -0.05) is 17.7 Å². The fourth-order valence-electron chi connectivity index (χ4n) is 3.29. The highest BCUT2D eigenvalue weighted by Gasteiger charge is 2.22. The lowest BCUT2D eigenvalue weighted by molar-refractivity contribution is -0.384. The van der Waals surface area contributed by atoms with Gasteiger partial charge >= 0.3 is 5.97 Å². The summed E-state index contributed by atoms with van der Waals surface area (Å²) in [5.41, 5.74) is 1.75. The SMILES string of the molecule is Cc1nn(C)c2nc(-c3cccs3)cc(C(=O)OCC(=O)Nc3ccc(Cl)c([N+](=O)[O-])c3)c12. The Labute approximate surface area is 195 Å². The Hall–Kier alpha value is -3.83. The molecule has 1 amide bonds. The second-order valence-electron chi connectivity index (χ2n) is 6.99. The number of nitro groups is 1. The topological polar surface area (TPSA) is 129 Å². The van der Waals surface area contributed by atoms with E-state index in [1.807, 2.05) is 17.5 Å². The molecule has 0 saturated carbocycles. The molecule has 0 aliphatic rings. The Bertz CT molecular complexity index is 1400. The van der Waals surface area contributed by atoms with Crippen LogP contribution in [-0.2, 0) is 16.6 Å². The molecule has 0 saturated heterocycles. The molecule has 1 N–H and O–H groups in total. The molecule has 0 aliphatic heterocycles. The van der Waals surface area contributed by atoms with Crippen LogP contribution in [0.5, 0.6) is 0 Å². The number of nitrogens with one attached hydrogen (secondary N) is 1. The molecule has 4 rings (SSSR count). The molecule has 1 aromatic carbocycles. The highest BCUT2D eigenvalue weighted by Crippen LogP contribution is 2.30. The maximum atomic E-state index is 12.9. The van der Waals surface area contributed by atoms with Crippen LogP contribution in [-0.4, -0.2) is 38.2 Å². The normalized spacial score (nSPS) is 10.9. The van der Waals surface area contributed by atoms with Crippen LogP contribution < -0.4 is 5.32 Å². The number of hydrogen-bond donors (Lipinski definition) is 1. The van der Waals surface area contributed by atoms with Crippen LogP contribution in [0.2, 0.25) is 5.02 Å². The number of carbonyl (C=O) groups excluding carboxylic acids is 2. The summed E-state index contributed by atoms with van der Waals surface area (Å²) in [6, 6.07) is 9.21. The Morgan fingerprint density at radius 3 is 2.79 bits per heavy atom. The van der Waals surface area contributed by atoms with Crippen molar-refractivity contribution in [2.45, 2.75) is 6.92 Å². The van der Waals surface area contributed by atoms with Crippen molar-refractivity contribution in [2.75, 3.05) is 11.9 Å². The second-order valence-corrected chi connectivity index (χ2v) is 8.34. The Balaban J connectivity index is 1.55. The summed E-state index contributed by atoms with van der Waals surface area (Å²) < 4.78 is 6.82. The van der Waals surface area contributed by atoms with Gasteiger partial charge in [0.15, 0.2) is 12.3 Å². The Kier molecular flexibility index (Phi) is 6.07. The Morgan fingerprint density at radius 1 is 1.30 bits per heavy atom. The molecule has 0 aliphatic carbocycles. The van der Waals surface area contributed by atoms with Gasteiger partial charge < -0.3 is 10.1 Å². The van der Waals surface area contributed by atoms with Crippen LogP contribution >= 0.6 is 22.9 Å². The van der Waals surface area contributed by atoms with Crippen molar-refractivity contribution < 1.29 is 19.2 Å². The number of rotatable bonds is 6. The van der Waals surface area contributed by atoms with Crippen LogP contribution in [0.15, 0.2) is 41.8 Å². The van der Waals surface area contributed by atoms with Crippen LogP contribution in [0.4, 0.5) is 11.4 Å². The first-order chi connectivity index (χ1) is 15.7. The quantitative estimate of drug-likeness (QED) is 0.244. The lowest BCUT2D eigenvalue weighted by Crippen LogP contribution is -2.21. The minimum absolute atomic E-state index is 0.0560. The van der Waals surface area contributed by atoms with Gasteiger partial charge in [-0.2, -0.15) is 5.10 Å². The zero-order valence-electron chi connectivity index (χ0n) is 17.4. The minimum atomic E-state index is -0.714. The Morgan fingerprint density at radius 2 is 2.09 bits per heavy atom.